The molecule has 0 radical (unpaired) electrons. The number of allylic oxidation sites excluding steroid dienone is 5. The number of nitrogens with zero attached hydrogens (tertiary/aromatic N) is 2. The van der Waals surface area contributed by atoms with Crippen LogP contribution in [-0.2, 0) is 0 Å². The van der Waals surface area contributed by atoms with Crippen LogP contribution in [0.15, 0.2) is 60.2 Å². The Labute approximate surface area is 159 Å². The van der Waals surface area contributed by atoms with Crippen molar-refractivity contribution in [2.24, 2.45) is 0 Å². The van der Waals surface area contributed by atoms with Gasteiger partial charge < -0.3 is 11.5 Å². The van der Waals surface area contributed by atoms with E-state index >= 15 is 0 Å². The van der Waals surface area contributed by atoms with Crippen LogP contribution in [-0.4, -0.2) is 15.6 Å². The fourth-order valence-electron chi connectivity index (χ4n) is 2.06. The number of rotatable bonds is 5. The van der Waals surface area contributed by atoms with Crippen LogP contribution in [0.5, 0.6) is 0 Å². The Morgan fingerprint density at radius 1 is 1.19 bits per heavy atom. The van der Waals surface area contributed by atoms with Crippen molar-refractivity contribution in [1.29, 1.82) is 0 Å². The molecule has 0 aliphatic heterocycles. The number of nitrogen functional groups attached to an aromatic ring is 2. The van der Waals surface area contributed by atoms with Crippen LogP contribution in [0, 0.1) is 0 Å². The summed E-state index contributed by atoms with van der Waals surface area (Å²) in [5.74, 6) is -0.0908. The van der Waals surface area contributed by atoms with Gasteiger partial charge in [-0.25, -0.2) is 4.68 Å². The molecule has 0 saturated carbocycles. The Morgan fingerprint density at radius 3 is 2.27 bits per heavy atom. The van der Waals surface area contributed by atoms with Crippen molar-refractivity contribution in [3.63, 3.8) is 0 Å². The lowest BCUT2D eigenvalue weighted by atomic mass is 10.1. The van der Waals surface area contributed by atoms with E-state index in [1.807, 2.05) is 20.8 Å². The van der Waals surface area contributed by atoms with Crippen LogP contribution in [0.1, 0.15) is 38.2 Å². The first-order valence-electron chi connectivity index (χ1n) is 8.29. The Morgan fingerprint density at radius 2 is 1.77 bits per heavy atom. The van der Waals surface area contributed by atoms with Gasteiger partial charge in [0.25, 0.3) is 0 Å². The SMILES string of the molecule is C=C(C)/C=C\C(=C/C)C(=O)c1nn(-c2ccc(Cl)cc2)c(N)c1N.CC. The molecule has 2 rings (SSSR count). The predicted octanol–water partition coefficient (Wildman–Crippen LogP) is 4.98. The molecule has 0 bridgehead atoms. The van der Waals surface area contributed by atoms with Crippen molar-refractivity contribution < 1.29 is 4.79 Å². The average Bonchev–Trinajstić information content (AvgIpc) is 2.93. The maximum Gasteiger partial charge on any atom is 0.215 e. The number of anilines is 2. The third-order valence-corrected chi connectivity index (χ3v) is 3.62. The van der Waals surface area contributed by atoms with E-state index in [2.05, 4.69) is 11.7 Å². The summed E-state index contributed by atoms with van der Waals surface area (Å²) in [7, 11) is 0. The number of carbonyl (C=O) groups is 1. The van der Waals surface area contributed by atoms with Crippen LogP contribution in [0.3, 0.4) is 0 Å². The van der Waals surface area contributed by atoms with Crippen molar-refractivity contribution >= 4 is 28.9 Å². The molecule has 1 aromatic carbocycles. The molecule has 0 atom stereocenters. The fraction of sp³-hybridized carbons (Fsp3) is 0.200. The minimum Gasteiger partial charge on any atom is -0.394 e. The van der Waals surface area contributed by atoms with E-state index < -0.39 is 0 Å². The molecule has 5 nitrogen and oxygen atoms in total. The van der Waals surface area contributed by atoms with E-state index in [1.165, 1.54) is 4.68 Å². The number of aromatic nitrogens is 2. The highest BCUT2D eigenvalue weighted by Crippen LogP contribution is 2.26. The number of nitrogens with two attached hydrogens (primary N) is 2. The molecule has 1 aromatic heterocycles. The van der Waals surface area contributed by atoms with Crippen LogP contribution < -0.4 is 11.5 Å². The van der Waals surface area contributed by atoms with Gasteiger partial charge in [0.1, 0.15) is 5.69 Å². The molecule has 0 fully saturated rings. The number of carbonyl (C=O) groups excluding carboxylic acids is 1. The summed E-state index contributed by atoms with van der Waals surface area (Å²) < 4.78 is 1.43. The van der Waals surface area contributed by atoms with Crippen LogP contribution in [0.25, 0.3) is 5.69 Å². The molecular formula is C20H25ClN4O. The van der Waals surface area contributed by atoms with Gasteiger partial charge in [0.05, 0.1) is 5.69 Å². The van der Waals surface area contributed by atoms with Crippen molar-refractivity contribution in [3.8, 4) is 5.69 Å². The smallest absolute Gasteiger partial charge is 0.215 e. The normalized spacial score (nSPS) is 11.2. The van der Waals surface area contributed by atoms with Gasteiger partial charge in [0, 0.05) is 10.6 Å². The third-order valence-electron chi connectivity index (χ3n) is 3.37. The van der Waals surface area contributed by atoms with E-state index in [-0.39, 0.29) is 23.0 Å². The van der Waals surface area contributed by atoms with Gasteiger partial charge in [-0.3, -0.25) is 4.79 Å². The molecule has 6 heteroatoms. The first-order chi connectivity index (χ1) is 12.3. The molecule has 0 aliphatic rings. The zero-order valence-electron chi connectivity index (χ0n) is 15.6. The van der Waals surface area contributed by atoms with Gasteiger partial charge in [-0.15, -0.1) is 0 Å². The molecule has 0 unspecified atom stereocenters. The van der Waals surface area contributed by atoms with Crippen molar-refractivity contribution in [1.82, 2.24) is 9.78 Å². The highest BCUT2D eigenvalue weighted by molar-refractivity contribution is 6.30. The second-order valence-electron chi connectivity index (χ2n) is 5.29. The van der Waals surface area contributed by atoms with Gasteiger partial charge in [0.15, 0.2) is 11.5 Å². The summed E-state index contributed by atoms with van der Waals surface area (Å²) in [6.45, 7) is 11.4. The molecule has 0 amide bonds. The van der Waals surface area contributed by atoms with Gasteiger partial charge in [-0.2, -0.15) is 5.10 Å². The summed E-state index contributed by atoms with van der Waals surface area (Å²) in [6.07, 6.45) is 5.13. The standard InChI is InChI=1S/C18H19ClN4O.C2H6/c1-4-12(6-5-11(2)3)17(24)16-15(20)18(21)23(22-16)14-9-7-13(19)8-10-14;1-2/h4-10H,2,20-21H2,1,3H3;1-2H3/b6-5-,12-4+;. The van der Waals surface area contributed by atoms with Crippen LogP contribution in [0.4, 0.5) is 11.5 Å². The Bertz CT molecular complexity index is 845. The highest BCUT2D eigenvalue weighted by Gasteiger charge is 2.21. The van der Waals surface area contributed by atoms with E-state index in [4.69, 9.17) is 23.1 Å². The lowest BCUT2D eigenvalue weighted by Crippen LogP contribution is -2.06. The molecule has 0 spiro atoms. The highest BCUT2D eigenvalue weighted by atomic mass is 35.5. The molecule has 2 aromatic rings. The minimum absolute atomic E-state index is 0.113. The van der Waals surface area contributed by atoms with Crippen LogP contribution >= 0.6 is 11.6 Å². The Balaban J connectivity index is 0.00000163. The molecule has 1 heterocycles. The minimum atomic E-state index is -0.299. The maximum atomic E-state index is 12.7. The number of benzene rings is 1. The zero-order valence-corrected chi connectivity index (χ0v) is 16.3. The van der Waals surface area contributed by atoms with Crippen molar-refractivity contribution in [2.45, 2.75) is 27.7 Å². The second-order valence-corrected chi connectivity index (χ2v) is 5.73. The van der Waals surface area contributed by atoms with Gasteiger partial charge >= 0.3 is 0 Å². The van der Waals surface area contributed by atoms with E-state index in [0.717, 1.165) is 5.57 Å². The van der Waals surface area contributed by atoms with Gasteiger partial charge in [-0.05, 0) is 38.1 Å². The number of Topliss-reactive ketones (excluding diaryl/α,β-unsaturated/α-hetero) is 1. The Kier molecular flexibility index (Phi) is 7.87. The largest absolute Gasteiger partial charge is 0.394 e. The average molecular weight is 373 g/mol. The van der Waals surface area contributed by atoms with E-state index in [9.17, 15) is 4.79 Å². The first kappa shape index (κ1) is 21.3. The predicted molar refractivity (Wildman–Crippen MR) is 111 cm³/mol. The first-order valence-corrected chi connectivity index (χ1v) is 8.67. The summed E-state index contributed by atoms with van der Waals surface area (Å²) >= 11 is 5.88. The molecule has 138 valence electrons. The summed E-state index contributed by atoms with van der Waals surface area (Å²) in [6, 6.07) is 6.92. The Hall–Kier alpha value is -2.79. The quantitative estimate of drug-likeness (QED) is 0.440. The van der Waals surface area contributed by atoms with Crippen LogP contribution in [0.2, 0.25) is 5.02 Å². The molecule has 26 heavy (non-hydrogen) atoms. The topological polar surface area (TPSA) is 86.9 Å². The number of hydrogen-bond donors (Lipinski definition) is 2. The van der Waals surface area contributed by atoms with Crippen molar-refractivity contribution in [2.75, 3.05) is 11.5 Å². The molecule has 4 N–H and O–H groups in total. The fourth-order valence-corrected chi connectivity index (χ4v) is 2.19. The van der Waals surface area contributed by atoms with E-state index in [1.54, 1.807) is 49.4 Å². The van der Waals surface area contributed by atoms with Crippen molar-refractivity contribution in [3.05, 3.63) is 70.9 Å². The number of hydrogen-bond acceptors (Lipinski definition) is 4. The molecule has 0 aliphatic carbocycles. The molecular weight excluding hydrogens is 348 g/mol. The number of ketones is 1. The lowest BCUT2D eigenvalue weighted by molar-refractivity contribution is 0.103. The van der Waals surface area contributed by atoms with E-state index in [0.29, 0.717) is 16.3 Å². The third kappa shape index (κ3) is 4.86. The summed E-state index contributed by atoms with van der Waals surface area (Å²) in [4.78, 5) is 12.7. The second kappa shape index (κ2) is 9.63. The monoisotopic (exact) mass is 372 g/mol. The number of halogens is 1. The lowest BCUT2D eigenvalue weighted by Gasteiger charge is -2.03. The zero-order chi connectivity index (χ0) is 19.9. The summed E-state index contributed by atoms with van der Waals surface area (Å²) in [5, 5.41) is 4.87. The van der Waals surface area contributed by atoms with Gasteiger partial charge in [0.2, 0.25) is 5.78 Å². The maximum absolute atomic E-state index is 12.7. The summed E-state index contributed by atoms with van der Waals surface area (Å²) in [5.41, 5.74) is 14.2. The van der Waals surface area contributed by atoms with Gasteiger partial charge in [-0.1, -0.05) is 55.8 Å². The molecule has 0 saturated heterocycles.